The van der Waals surface area contributed by atoms with Gasteiger partial charge >= 0.3 is 0 Å². The number of methoxy groups -OCH3 is 1. The molecule has 0 saturated carbocycles. The molecule has 0 unspecified atom stereocenters. The Hall–Kier alpha value is -1.13. The Labute approximate surface area is 84.9 Å². The van der Waals surface area contributed by atoms with Crippen LogP contribution in [0.15, 0.2) is 23.6 Å². The minimum atomic E-state index is -0.319. The number of ether oxygens (including phenoxy) is 2. The number of benzene rings is 1. The van der Waals surface area contributed by atoms with E-state index >= 15 is 0 Å². The highest BCUT2D eigenvalue weighted by atomic mass is 32.1. The number of hydrogen-bond acceptors (Lipinski definition) is 3. The van der Waals surface area contributed by atoms with Gasteiger partial charge in [-0.1, -0.05) is 0 Å². The minimum absolute atomic E-state index is 0.0621. The van der Waals surface area contributed by atoms with E-state index in [4.69, 9.17) is 9.47 Å². The average molecular weight is 212 g/mol. The zero-order valence-electron chi connectivity index (χ0n) is 7.62. The standard InChI is InChI=1S/C10H9FO2S/c1-12-6-13-8-2-3-9-7(10(8)11)4-5-14-9/h2-5H,6H2,1H3. The highest BCUT2D eigenvalue weighted by molar-refractivity contribution is 7.17. The van der Waals surface area contributed by atoms with E-state index in [9.17, 15) is 4.39 Å². The Morgan fingerprint density at radius 1 is 1.36 bits per heavy atom. The van der Waals surface area contributed by atoms with Crippen LogP contribution < -0.4 is 4.74 Å². The fourth-order valence-corrected chi connectivity index (χ4v) is 2.00. The molecule has 0 aliphatic heterocycles. The summed E-state index contributed by atoms with van der Waals surface area (Å²) in [6.45, 7) is 0.0621. The van der Waals surface area contributed by atoms with E-state index in [1.165, 1.54) is 18.4 Å². The Kier molecular flexibility index (Phi) is 2.65. The van der Waals surface area contributed by atoms with Gasteiger partial charge in [0.25, 0.3) is 0 Å². The van der Waals surface area contributed by atoms with E-state index < -0.39 is 0 Å². The van der Waals surface area contributed by atoms with Crippen LogP contribution in [0.2, 0.25) is 0 Å². The summed E-state index contributed by atoms with van der Waals surface area (Å²) in [4.78, 5) is 0. The molecule has 1 aromatic heterocycles. The molecular formula is C10H9FO2S. The summed E-state index contributed by atoms with van der Waals surface area (Å²) < 4.78 is 24.4. The van der Waals surface area contributed by atoms with Crippen molar-refractivity contribution in [2.45, 2.75) is 0 Å². The highest BCUT2D eigenvalue weighted by Crippen LogP contribution is 2.29. The van der Waals surface area contributed by atoms with Gasteiger partial charge in [0.15, 0.2) is 18.4 Å². The van der Waals surface area contributed by atoms with Crippen molar-refractivity contribution in [3.05, 3.63) is 29.4 Å². The molecule has 0 fully saturated rings. The monoisotopic (exact) mass is 212 g/mol. The molecule has 2 nitrogen and oxygen atoms in total. The second-order valence-corrected chi connectivity index (χ2v) is 3.71. The number of fused-ring (bicyclic) bond motifs is 1. The van der Waals surface area contributed by atoms with E-state index in [0.717, 1.165) is 4.70 Å². The van der Waals surface area contributed by atoms with Crippen molar-refractivity contribution in [3.8, 4) is 5.75 Å². The van der Waals surface area contributed by atoms with Gasteiger partial charge in [0, 0.05) is 17.2 Å². The molecule has 74 valence electrons. The van der Waals surface area contributed by atoms with Crippen molar-refractivity contribution in [1.82, 2.24) is 0 Å². The summed E-state index contributed by atoms with van der Waals surface area (Å²) in [5, 5.41) is 2.46. The summed E-state index contributed by atoms with van der Waals surface area (Å²) >= 11 is 1.51. The predicted octanol–water partition coefficient (Wildman–Crippen LogP) is 3.02. The van der Waals surface area contributed by atoms with Gasteiger partial charge in [-0.25, -0.2) is 4.39 Å². The lowest BCUT2D eigenvalue weighted by Gasteiger charge is -2.05. The average Bonchev–Trinajstić information content (AvgIpc) is 2.66. The maximum absolute atomic E-state index is 13.7. The Balaban J connectivity index is 2.40. The molecule has 0 saturated heterocycles. The lowest BCUT2D eigenvalue weighted by atomic mass is 10.2. The first kappa shape index (κ1) is 9.43. The molecule has 0 atom stereocenters. The second kappa shape index (κ2) is 3.94. The lowest BCUT2D eigenvalue weighted by molar-refractivity contribution is 0.0485. The third-order valence-corrected chi connectivity index (χ3v) is 2.75. The minimum Gasteiger partial charge on any atom is -0.464 e. The van der Waals surface area contributed by atoms with Crippen molar-refractivity contribution < 1.29 is 13.9 Å². The number of thiophene rings is 1. The largest absolute Gasteiger partial charge is 0.464 e. The molecule has 1 heterocycles. The predicted molar refractivity (Wildman–Crippen MR) is 54.3 cm³/mol. The zero-order chi connectivity index (χ0) is 9.97. The Bertz CT molecular complexity index is 439. The fraction of sp³-hybridized carbons (Fsp3) is 0.200. The Morgan fingerprint density at radius 2 is 2.21 bits per heavy atom. The number of rotatable bonds is 3. The molecule has 1 aromatic carbocycles. The maximum Gasteiger partial charge on any atom is 0.188 e. The molecule has 2 rings (SSSR count). The van der Waals surface area contributed by atoms with Crippen LogP contribution >= 0.6 is 11.3 Å². The van der Waals surface area contributed by atoms with Gasteiger partial charge in [-0.05, 0) is 23.6 Å². The topological polar surface area (TPSA) is 18.5 Å². The van der Waals surface area contributed by atoms with Gasteiger partial charge in [-0.15, -0.1) is 11.3 Å². The summed E-state index contributed by atoms with van der Waals surface area (Å²) in [5.74, 6) is -0.0847. The molecule has 0 radical (unpaired) electrons. The number of hydrogen-bond donors (Lipinski definition) is 0. The molecule has 0 aliphatic rings. The molecule has 0 spiro atoms. The van der Waals surface area contributed by atoms with Gasteiger partial charge in [-0.2, -0.15) is 0 Å². The third-order valence-electron chi connectivity index (χ3n) is 1.87. The van der Waals surface area contributed by atoms with Crippen molar-refractivity contribution in [2.75, 3.05) is 13.9 Å². The quantitative estimate of drug-likeness (QED) is 0.728. The van der Waals surface area contributed by atoms with E-state index in [2.05, 4.69) is 0 Å². The second-order valence-electron chi connectivity index (χ2n) is 2.76. The van der Waals surface area contributed by atoms with Gasteiger partial charge in [0.2, 0.25) is 0 Å². The van der Waals surface area contributed by atoms with Crippen LogP contribution in [0, 0.1) is 5.82 Å². The Morgan fingerprint density at radius 3 is 3.00 bits per heavy atom. The first-order chi connectivity index (χ1) is 6.83. The zero-order valence-corrected chi connectivity index (χ0v) is 8.44. The van der Waals surface area contributed by atoms with E-state index in [1.807, 2.05) is 11.4 Å². The first-order valence-corrected chi connectivity index (χ1v) is 4.98. The van der Waals surface area contributed by atoms with Crippen molar-refractivity contribution >= 4 is 21.4 Å². The van der Waals surface area contributed by atoms with Crippen LogP contribution in [0.25, 0.3) is 10.1 Å². The molecule has 0 N–H and O–H groups in total. The van der Waals surface area contributed by atoms with Crippen LogP contribution in [0.3, 0.4) is 0 Å². The molecule has 2 aromatic rings. The molecule has 14 heavy (non-hydrogen) atoms. The molecule has 0 aliphatic carbocycles. The van der Waals surface area contributed by atoms with E-state index in [-0.39, 0.29) is 18.4 Å². The van der Waals surface area contributed by atoms with Gasteiger partial charge in [0.1, 0.15) is 0 Å². The lowest BCUT2D eigenvalue weighted by Crippen LogP contribution is -2.00. The third kappa shape index (κ3) is 1.58. The smallest absolute Gasteiger partial charge is 0.188 e. The molecular weight excluding hydrogens is 203 g/mol. The van der Waals surface area contributed by atoms with Crippen molar-refractivity contribution in [1.29, 1.82) is 0 Å². The molecule has 0 bridgehead atoms. The van der Waals surface area contributed by atoms with Crippen LogP contribution in [-0.2, 0) is 4.74 Å². The first-order valence-electron chi connectivity index (χ1n) is 4.10. The fourth-order valence-electron chi connectivity index (χ4n) is 1.22. The molecule has 4 heteroatoms. The highest BCUT2D eigenvalue weighted by Gasteiger charge is 2.08. The molecule has 0 amide bonds. The van der Waals surface area contributed by atoms with Gasteiger partial charge < -0.3 is 9.47 Å². The van der Waals surface area contributed by atoms with Crippen molar-refractivity contribution in [3.63, 3.8) is 0 Å². The summed E-state index contributed by atoms with van der Waals surface area (Å²) in [5.41, 5.74) is 0. The normalized spacial score (nSPS) is 10.7. The summed E-state index contributed by atoms with van der Waals surface area (Å²) in [6.07, 6.45) is 0. The van der Waals surface area contributed by atoms with Crippen molar-refractivity contribution in [2.24, 2.45) is 0 Å². The van der Waals surface area contributed by atoms with E-state index in [0.29, 0.717) is 5.39 Å². The summed E-state index contributed by atoms with van der Waals surface area (Å²) in [6, 6.07) is 5.20. The maximum atomic E-state index is 13.7. The van der Waals surface area contributed by atoms with Gasteiger partial charge in [0.05, 0.1) is 0 Å². The SMILES string of the molecule is COCOc1ccc2sccc2c1F. The van der Waals surface area contributed by atoms with Crippen LogP contribution in [-0.4, -0.2) is 13.9 Å². The van der Waals surface area contributed by atoms with E-state index in [1.54, 1.807) is 12.1 Å². The van der Waals surface area contributed by atoms with Gasteiger partial charge in [-0.3, -0.25) is 0 Å². The summed E-state index contributed by atoms with van der Waals surface area (Å²) in [7, 11) is 1.50. The number of halogens is 1. The van der Waals surface area contributed by atoms with Crippen LogP contribution in [0.4, 0.5) is 4.39 Å². The van der Waals surface area contributed by atoms with Crippen LogP contribution in [0.1, 0.15) is 0 Å². The van der Waals surface area contributed by atoms with Crippen LogP contribution in [0.5, 0.6) is 5.75 Å².